The molecule has 0 atom stereocenters. The van der Waals surface area contributed by atoms with Crippen LogP contribution in [0, 0.1) is 11.3 Å². The number of nitrogens with two attached hydrogens (primary N) is 1. The van der Waals surface area contributed by atoms with Gasteiger partial charge in [0.25, 0.3) is 0 Å². The van der Waals surface area contributed by atoms with Crippen molar-refractivity contribution in [2.24, 2.45) is 17.1 Å². The van der Waals surface area contributed by atoms with Crippen LogP contribution < -0.4 is 5.73 Å². The number of nitrogens with zero attached hydrogens (tertiary/aromatic N) is 1. The summed E-state index contributed by atoms with van der Waals surface area (Å²) in [5.74, 6) is 0.786. The molecular weight excluding hydrogens is 208 g/mol. The fourth-order valence-corrected chi connectivity index (χ4v) is 3.41. The van der Waals surface area contributed by atoms with Crippen LogP contribution in [-0.4, -0.2) is 30.6 Å². The molecule has 2 N–H and O–H groups in total. The summed E-state index contributed by atoms with van der Waals surface area (Å²) in [7, 11) is 0. The van der Waals surface area contributed by atoms with E-state index in [-0.39, 0.29) is 0 Å². The predicted molar refractivity (Wildman–Crippen MR) is 74.0 cm³/mol. The van der Waals surface area contributed by atoms with Gasteiger partial charge in [0.15, 0.2) is 0 Å². The van der Waals surface area contributed by atoms with E-state index >= 15 is 0 Å². The molecule has 0 spiro atoms. The topological polar surface area (TPSA) is 29.3 Å². The van der Waals surface area contributed by atoms with Crippen molar-refractivity contribution >= 4 is 0 Å². The summed E-state index contributed by atoms with van der Waals surface area (Å²) in [4.78, 5) is 2.75. The minimum Gasteiger partial charge on any atom is -0.330 e. The molecule has 0 aromatic rings. The molecule has 0 bridgehead atoms. The van der Waals surface area contributed by atoms with Crippen LogP contribution >= 0.6 is 0 Å². The van der Waals surface area contributed by atoms with Crippen molar-refractivity contribution in [3.63, 3.8) is 0 Å². The lowest BCUT2D eigenvalue weighted by Crippen LogP contribution is -2.45. The minimum absolute atomic E-state index is 0.454. The van der Waals surface area contributed by atoms with Crippen LogP contribution in [0.3, 0.4) is 0 Å². The van der Waals surface area contributed by atoms with Crippen molar-refractivity contribution in [1.82, 2.24) is 4.90 Å². The summed E-state index contributed by atoms with van der Waals surface area (Å²) >= 11 is 0. The predicted octanol–water partition coefficient (Wildman–Crippen LogP) is 3.02. The monoisotopic (exact) mass is 238 g/mol. The average molecular weight is 238 g/mol. The molecular formula is C15H30N2. The van der Waals surface area contributed by atoms with E-state index in [1.165, 1.54) is 58.0 Å². The van der Waals surface area contributed by atoms with E-state index in [0.717, 1.165) is 18.5 Å². The van der Waals surface area contributed by atoms with Gasteiger partial charge in [-0.05, 0) is 43.6 Å². The van der Waals surface area contributed by atoms with Gasteiger partial charge in [0.2, 0.25) is 0 Å². The summed E-state index contributed by atoms with van der Waals surface area (Å²) in [6.07, 6.45) is 9.81. The molecule has 0 saturated heterocycles. The van der Waals surface area contributed by atoms with Crippen molar-refractivity contribution in [2.75, 3.05) is 19.6 Å². The lowest BCUT2D eigenvalue weighted by atomic mass is 9.73. The molecule has 0 radical (unpaired) electrons. The van der Waals surface area contributed by atoms with E-state index < -0.39 is 0 Å². The van der Waals surface area contributed by atoms with Gasteiger partial charge in [0, 0.05) is 19.1 Å². The highest BCUT2D eigenvalue weighted by Crippen LogP contribution is 2.39. The van der Waals surface area contributed by atoms with Crippen molar-refractivity contribution < 1.29 is 0 Å². The van der Waals surface area contributed by atoms with E-state index in [2.05, 4.69) is 18.7 Å². The molecule has 0 unspecified atom stereocenters. The summed E-state index contributed by atoms with van der Waals surface area (Å²) in [6, 6.07) is 0.891. The van der Waals surface area contributed by atoms with Gasteiger partial charge in [-0.3, -0.25) is 4.90 Å². The molecule has 2 rings (SSSR count). The molecule has 2 fully saturated rings. The molecule has 0 amide bonds. The van der Waals surface area contributed by atoms with Gasteiger partial charge in [0.1, 0.15) is 0 Å². The summed E-state index contributed by atoms with van der Waals surface area (Å²) in [5, 5.41) is 0. The van der Waals surface area contributed by atoms with E-state index in [0.29, 0.717) is 5.41 Å². The Hall–Kier alpha value is -0.0800. The maximum absolute atomic E-state index is 6.11. The van der Waals surface area contributed by atoms with Crippen molar-refractivity contribution in [3.05, 3.63) is 0 Å². The highest BCUT2D eigenvalue weighted by Gasteiger charge is 2.37. The van der Waals surface area contributed by atoms with Crippen LogP contribution in [0.2, 0.25) is 0 Å². The smallest absolute Gasteiger partial charge is 0.00967 e. The third-order valence-corrected chi connectivity index (χ3v) is 4.55. The Kier molecular flexibility index (Phi) is 4.48. The van der Waals surface area contributed by atoms with Gasteiger partial charge in [-0.1, -0.05) is 33.1 Å². The molecule has 0 aliphatic heterocycles. The van der Waals surface area contributed by atoms with E-state index in [1.54, 1.807) is 0 Å². The first-order chi connectivity index (χ1) is 8.15. The standard InChI is InChI=1S/C15H30N2/c1-13(2)10-17(14-6-7-14)12-15(11-16)8-4-3-5-9-15/h13-14H,3-12,16H2,1-2H3. The fourth-order valence-electron chi connectivity index (χ4n) is 3.41. The Morgan fingerprint density at radius 1 is 1.18 bits per heavy atom. The fraction of sp³-hybridized carbons (Fsp3) is 1.00. The van der Waals surface area contributed by atoms with E-state index in [9.17, 15) is 0 Å². The molecule has 2 saturated carbocycles. The first kappa shape index (κ1) is 13.4. The zero-order valence-electron chi connectivity index (χ0n) is 11.8. The molecule has 2 heteroatoms. The normalized spacial score (nSPS) is 24.5. The molecule has 2 aliphatic carbocycles. The zero-order chi connectivity index (χ0) is 12.3. The van der Waals surface area contributed by atoms with E-state index in [1.807, 2.05) is 0 Å². The maximum Gasteiger partial charge on any atom is 0.00967 e. The van der Waals surface area contributed by atoms with Crippen LogP contribution in [0.4, 0.5) is 0 Å². The third kappa shape index (κ3) is 3.69. The number of rotatable bonds is 6. The second kappa shape index (κ2) is 5.71. The first-order valence-corrected chi connectivity index (χ1v) is 7.59. The van der Waals surface area contributed by atoms with Gasteiger partial charge in [0.05, 0.1) is 0 Å². The van der Waals surface area contributed by atoms with Gasteiger partial charge in [-0.25, -0.2) is 0 Å². The van der Waals surface area contributed by atoms with E-state index in [4.69, 9.17) is 5.73 Å². The average Bonchev–Trinajstić information content (AvgIpc) is 3.13. The molecule has 0 heterocycles. The van der Waals surface area contributed by atoms with Gasteiger partial charge in [-0.2, -0.15) is 0 Å². The quantitative estimate of drug-likeness (QED) is 0.771. The summed E-state index contributed by atoms with van der Waals surface area (Å²) in [5.41, 5.74) is 6.57. The molecule has 2 aliphatic rings. The molecule has 2 nitrogen and oxygen atoms in total. The van der Waals surface area contributed by atoms with Crippen LogP contribution in [0.1, 0.15) is 58.8 Å². The minimum atomic E-state index is 0.454. The summed E-state index contributed by atoms with van der Waals surface area (Å²) in [6.45, 7) is 8.11. The lowest BCUT2D eigenvalue weighted by Gasteiger charge is -2.41. The summed E-state index contributed by atoms with van der Waals surface area (Å²) < 4.78 is 0. The second-order valence-corrected chi connectivity index (χ2v) is 6.82. The van der Waals surface area contributed by atoms with Crippen molar-refractivity contribution in [2.45, 2.75) is 64.8 Å². The Morgan fingerprint density at radius 3 is 2.29 bits per heavy atom. The zero-order valence-corrected chi connectivity index (χ0v) is 11.8. The number of hydrogen-bond acceptors (Lipinski definition) is 2. The molecule has 0 aromatic carbocycles. The van der Waals surface area contributed by atoms with Gasteiger partial charge >= 0.3 is 0 Å². The van der Waals surface area contributed by atoms with Crippen LogP contribution in [-0.2, 0) is 0 Å². The van der Waals surface area contributed by atoms with Crippen LogP contribution in [0.15, 0.2) is 0 Å². The van der Waals surface area contributed by atoms with Gasteiger partial charge in [-0.15, -0.1) is 0 Å². The SMILES string of the molecule is CC(C)CN(CC1(CN)CCCCC1)C1CC1. The first-order valence-electron chi connectivity index (χ1n) is 7.59. The molecule has 100 valence electrons. The lowest BCUT2D eigenvalue weighted by molar-refractivity contribution is 0.0975. The molecule has 17 heavy (non-hydrogen) atoms. The maximum atomic E-state index is 6.11. The Labute approximate surface area is 107 Å². The van der Waals surface area contributed by atoms with Crippen molar-refractivity contribution in [1.29, 1.82) is 0 Å². The third-order valence-electron chi connectivity index (χ3n) is 4.55. The second-order valence-electron chi connectivity index (χ2n) is 6.82. The Balaban J connectivity index is 1.94. The van der Waals surface area contributed by atoms with Crippen LogP contribution in [0.25, 0.3) is 0 Å². The molecule has 0 aromatic heterocycles. The Bertz CT molecular complexity index is 227. The highest BCUT2D eigenvalue weighted by atomic mass is 15.2. The van der Waals surface area contributed by atoms with Crippen LogP contribution in [0.5, 0.6) is 0 Å². The Morgan fingerprint density at radius 2 is 1.82 bits per heavy atom. The largest absolute Gasteiger partial charge is 0.330 e. The highest BCUT2D eigenvalue weighted by molar-refractivity contribution is 4.92. The number of hydrogen-bond donors (Lipinski definition) is 1. The van der Waals surface area contributed by atoms with Gasteiger partial charge < -0.3 is 5.73 Å². The van der Waals surface area contributed by atoms with Crippen molar-refractivity contribution in [3.8, 4) is 0 Å².